The van der Waals surface area contributed by atoms with E-state index >= 15 is 0 Å². The van der Waals surface area contributed by atoms with Crippen LogP contribution >= 0.6 is 11.6 Å². The van der Waals surface area contributed by atoms with Crippen molar-refractivity contribution in [2.45, 2.75) is 25.7 Å². The van der Waals surface area contributed by atoms with E-state index in [-0.39, 0.29) is 18.1 Å². The molecule has 21 heavy (non-hydrogen) atoms. The molecular weight excluding hydrogens is 287 g/mol. The van der Waals surface area contributed by atoms with Gasteiger partial charge in [0.25, 0.3) is 0 Å². The molecule has 1 atom stereocenters. The smallest absolute Gasteiger partial charge is 0.140 e. The largest absolute Gasteiger partial charge is 0.299 e. The molecule has 0 saturated carbocycles. The van der Waals surface area contributed by atoms with Gasteiger partial charge in [-0.1, -0.05) is 41.9 Å². The molecule has 1 nitrogen and oxygen atoms in total. The second kappa shape index (κ2) is 5.98. The number of carbonyl (C=O) groups excluding carboxylic acids is 1. The van der Waals surface area contributed by atoms with E-state index in [0.29, 0.717) is 10.6 Å². The molecule has 108 valence electrons. The Morgan fingerprint density at radius 3 is 2.71 bits per heavy atom. The maximum absolute atomic E-state index is 13.8. The summed E-state index contributed by atoms with van der Waals surface area (Å²) in [5.74, 6) is -0.284. The third-order valence-electron chi connectivity index (χ3n) is 4.18. The molecular formula is C18H16ClFO. The molecule has 2 aromatic rings. The van der Waals surface area contributed by atoms with Crippen molar-refractivity contribution in [3.05, 3.63) is 70.0 Å². The van der Waals surface area contributed by atoms with Crippen molar-refractivity contribution < 1.29 is 9.18 Å². The van der Waals surface area contributed by atoms with Gasteiger partial charge < -0.3 is 0 Å². The monoisotopic (exact) mass is 302 g/mol. The minimum atomic E-state index is -0.396. The lowest BCUT2D eigenvalue weighted by Crippen LogP contribution is -2.24. The van der Waals surface area contributed by atoms with Crippen LogP contribution in [-0.4, -0.2) is 5.78 Å². The Kier molecular flexibility index (Phi) is 4.07. The van der Waals surface area contributed by atoms with Crippen molar-refractivity contribution in [3.63, 3.8) is 0 Å². The molecule has 3 rings (SSSR count). The van der Waals surface area contributed by atoms with Gasteiger partial charge in [-0.2, -0.15) is 0 Å². The summed E-state index contributed by atoms with van der Waals surface area (Å²) in [7, 11) is 0. The third kappa shape index (κ3) is 3.16. The van der Waals surface area contributed by atoms with Crippen LogP contribution in [0.3, 0.4) is 0 Å². The van der Waals surface area contributed by atoms with Crippen LogP contribution in [0.4, 0.5) is 4.39 Å². The van der Waals surface area contributed by atoms with Crippen LogP contribution in [0.15, 0.2) is 42.5 Å². The highest BCUT2D eigenvalue weighted by atomic mass is 35.5. The van der Waals surface area contributed by atoms with Crippen molar-refractivity contribution >= 4 is 17.4 Å². The molecule has 3 heteroatoms. The summed E-state index contributed by atoms with van der Waals surface area (Å²) in [6.07, 6.45) is 2.70. The number of Topliss-reactive ketones (excluding diaryl/α,β-unsaturated/α-hetero) is 1. The van der Waals surface area contributed by atoms with Gasteiger partial charge in [-0.15, -0.1) is 0 Å². The first-order valence-corrected chi connectivity index (χ1v) is 7.54. The van der Waals surface area contributed by atoms with Crippen LogP contribution in [0.5, 0.6) is 0 Å². The second-order valence-corrected chi connectivity index (χ2v) is 6.02. The van der Waals surface area contributed by atoms with E-state index in [1.807, 2.05) is 12.1 Å². The number of rotatable bonds is 3. The lowest BCUT2D eigenvalue weighted by atomic mass is 9.80. The van der Waals surface area contributed by atoms with Gasteiger partial charge in [-0.05, 0) is 48.1 Å². The van der Waals surface area contributed by atoms with Crippen LogP contribution in [0.1, 0.15) is 23.1 Å². The Balaban J connectivity index is 1.72. The number of benzene rings is 2. The molecule has 2 aromatic carbocycles. The minimum absolute atomic E-state index is 0.00465. The fraction of sp³-hybridized carbons (Fsp3) is 0.278. The van der Waals surface area contributed by atoms with Gasteiger partial charge in [-0.3, -0.25) is 4.79 Å². The lowest BCUT2D eigenvalue weighted by Gasteiger charge is -2.23. The highest BCUT2D eigenvalue weighted by Gasteiger charge is 2.24. The Labute approximate surface area is 128 Å². The van der Waals surface area contributed by atoms with E-state index in [0.717, 1.165) is 19.3 Å². The number of fused-ring (bicyclic) bond motifs is 1. The predicted molar refractivity (Wildman–Crippen MR) is 82.1 cm³/mol. The van der Waals surface area contributed by atoms with E-state index in [2.05, 4.69) is 12.1 Å². The van der Waals surface area contributed by atoms with Crippen LogP contribution in [-0.2, 0) is 24.1 Å². The summed E-state index contributed by atoms with van der Waals surface area (Å²) < 4.78 is 13.8. The molecule has 0 bridgehead atoms. The van der Waals surface area contributed by atoms with Crippen LogP contribution in [0, 0.1) is 11.7 Å². The van der Waals surface area contributed by atoms with Crippen molar-refractivity contribution in [2.24, 2.45) is 5.92 Å². The van der Waals surface area contributed by atoms with Gasteiger partial charge in [0.05, 0.1) is 0 Å². The summed E-state index contributed by atoms with van der Waals surface area (Å²) in [5, 5.41) is 0.357. The Hall–Kier alpha value is -1.67. The van der Waals surface area contributed by atoms with Gasteiger partial charge in [0, 0.05) is 17.4 Å². The van der Waals surface area contributed by atoms with E-state index < -0.39 is 5.82 Å². The molecule has 0 fully saturated rings. The third-order valence-corrected chi connectivity index (χ3v) is 4.42. The first kappa shape index (κ1) is 14.3. The first-order chi connectivity index (χ1) is 10.1. The van der Waals surface area contributed by atoms with Crippen molar-refractivity contribution in [2.75, 3.05) is 0 Å². The van der Waals surface area contributed by atoms with Gasteiger partial charge in [0.2, 0.25) is 0 Å². The van der Waals surface area contributed by atoms with Crippen LogP contribution in [0.25, 0.3) is 0 Å². The Morgan fingerprint density at radius 1 is 1.19 bits per heavy atom. The number of hydrogen-bond donors (Lipinski definition) is 0. The molecule has 0 saturated heterocycles. The molecule has 0 amide bonds. The van der Waals surface area contributed by atoms with Crippen LogP contribution in [0.2, 0.25) is 5.02 Å². The number of halogens is 2. The van der Waals surface area contributed by atoms with Gasteiger partial charge in [-0.25, -0.2) is 4.39 Å². The van der Waals surface area contributed by atoms with Crippen molar-refractivity contribution in [1.29, 1.82) is 0 Å². The zero-order valence-electron chi connectivity index (χ0n) is 11.6. The molecule has 1 unspecified atom stereocenters. The summed E-state index contributed by atoms with van der Waals surface area (Å²) in [5.41, 5.74) is 3.01. The van der Waals surface area contributed by atoms with E-state index in [1.165, 1.54) is 17.2 Å². The normalized spacial score (nSPS) is 17.3. The maximum Gasteiger partial charge on any atom is 0.140 e. The molecule has 0 N–H and O–H groups in total. The highest BCUT2D eigenvalue weighted by Crippen LogP contribution is 2.27. The van der Waals surface area contributed by atoms with Crippen molar-refractivity contribution in [3.8, 4) is 0 Å². The number of aryl methyl sites for hydroxylation is 1. The van der Waals surface area contributed by atoms with E-state index in [4.69, 9.17) is 11.6 Å². The molecule has 0 aliphatic heterocycles. The number of ketones is 1. The van der Waals surface area contributed by atoms with Crippen molar-refractivity contribution in [1.82, 2.24) is 0 Å². The Morgan fingerprint density at radius 2 is 1.95 bits per heavy atom. The predicted octanol–water partition coefficient (Wildman–Crippen LogP) is 4.40. The maximum atomic E-state index is 13.8. The average Bonchev–Trinajstić information content (AvgIpc) is 2.49. The van der Waals surface area contributed by atoms with Gasteiger partial charge in [0.15, 0.2) is 0 Å². The average molecular weight is 303 g/mol. The molecule has 1 aliphatic rings. The van der Waals surface area contributed by atoms with Crippen LogP contribution < -0.4 is 0 Å². The number of carbonyl (C=O) groups is 1. The quantitative estimate of drug-likeness (QED) is 0.821. The van der Waals surface area contributed by atoms with Gasteiger partial charge >= 0.3 is 0 Å². The summed E-state index contributed by atoms with van der Waals surface area (Å²) >= 11 is 5.73. The molecule has 0 heterocycles. The zero-order valence-corrected chi connectivity index (χ0v) is 12.4. The number of hydrogen-bond acceptors (Lipinski definition) is 1. The second-order valence-electron chi connectivity index (χ2n) is 5.59. The Bertz CT molecular complexity index is 681. The molecule has 1 aliphatic carbocycles. The van der Waals surface area contributed by atoms with Gasteiger partial charge in [0.1, 0.15) is 11.6 Å². The molecule has 0 radical (unpaired) electrons. The molecule has 0 aromatic heterocycles. The highest BCUT2D eigenvalue weighted by molar-refractivity contribution is 6.30. The first-order valence-electron chi connectivity index (χ1n) is 7.17. The summed E-state index contributed by atoms with van der Waals surface area (Å²) in [6, 6.07) is 12.7. The zero-order chi connectivity index (χ0) is 14.8. The lowest BCUT2D eigenvalue weighted by molar-refractivity contribution is -0.122. The summed E-state index contributed by atoms with van der Waals surface area (Å²) in [6.45, 7) is 0. The molecule has 0 spiro atoms. The fourth-order valence-electron chi connectivity index (χ4n) is 2.97. The van der Waals surface area contributed by atoms with E-state index in [1.54, 1.807) is 12.1 Å². The fourth-order valence-corrected chi connectivity index (χ4v) is 3.13. The minimum Gasteiger partial charge on any atom is -0.299 e. The summed E-state index contributed by atoms with van der Waals surface area (Å²) in [4.78, 5) is 12.4. The van der Waals surface area contributed by atoms with E-state index in [9.17, 15) is 9.18 Å². The topological polar surface area (TPSA) is 17.1 Å². The standard InChI is InChI=1S/C18H16ClFO/c19-16-8-7-14(17(20)11-16)10-18(21)15-6-5-12-3-1-2-4-13(12)9-15/h1-4,7-8,11,15H,5-6,9-10H2. The SMILES string of the molecule is O=C(Cc1ccc(Cl)cc1F)C1CCc2ccccc2C1.